The molecule has 0 aliphatic carbocycles. The minimum atomic E-state index is -0.699. The van der Waals surface area contributed by atoms with Gasteiger partial charge in [0, 0.05) is 41.0 Å². The van der Waals surface area contributed by atoms with Crippen molar-refractivity contribution >= 4 is 46.6 Å². The van der Waals surface area contributed by atoms with Crippen LogP contribution in [-0.2, 0) is 29.0 Å². The van der Waals surface area contributed by atoms with Crippen LogP contribution in [0.2, 0.25) is 15.1 Å². The Kier molecular flexibility index (Phi) is 11.1. The second-order valence-electron chi connectivity index (χ2n) is 8.70. The van der Waals surface area contributed by atoms with Gasteiger partial charge < -0.3 is 10.2 Å². The van der Waals surface area contributed by atoms with Crippen molar-refractivity contribution in [3.05, 3.63) is 105 Å². The lowest BCUT2D eigenvalue weighted by Gasteiger charge is -2.32. The van der Waals surface area contributed by atoms with Crippen molar-refractivity contribution in [3.8, 4) is 0 Å². The summed E-state index contributed by atoms with van der Waals surface area (Å²) in [4.78, 5) is 28.8. The topological polar surface area (TPSA) is 49.4 Å². The van der Waals surface area contributed by atoms with E-state index in [2.05, 4.69) is 12.2 Å². The minimum absolute atomic E-state index is 0.146. The van der Waals surface area contributed by atoms with Crippen LogP contribution in [0.4, 0.5) is 0 Å². The summed E-state index contributed by atoms with van der Waals surface area (Å²) in [5, 5.41) is 4.61. The van der Waals surface area contributed by atoms with Gasteiger partial charge in [0.15, 0.2) is 0 Å². The zero-order valence-corrected chi connectivity index (χ0v) is 22.6. The third-order valence-corrected chi connectivity index (χ3v) is 6.98. The first-order valence-corrected chi connectivity index (χ1v) is 13.3. The van der Waals surface area contributed by atoms with Crippen LogP contribution in [0.5, 0.6) is 0 Å². The highest BCUT2D eigenvalue weighted by molar-refractivity contribution is 6.35. The number of carbonyl (C=O) groups is 2. The van der Waals surface area contributed by atoms with Crippen LogP contribution in [0.25, 0.3) is 0 Å². The normalized spacial score (nSPS) is 11.7. The molecule has 3 aromatic carbocycles. The molecule has 1 atom stereocenters. The Morgan fingerprint density at radius 3 is 2.31 bits per heavy atom. The first-order valence-electron chi connectivity index (χ1n) is 12.2. The fourth-order valence-electron chi connectivity index (χ4n) is 3.98. The number of halogens is 3. The zero-order valence-electron chi connectivity index (χ0n) is 20.4. The van der Waals surface area contributed by atoms with E-state index in [1.54, 1.807) is 23.1 Å². The molecule has 1 N–H and O–H groups in total. The Bertz CT molecular complexity index is 1150. The van der Waals surface area contributed by atoms with E-state index >= 15 is 0 Å². The van der Waals surface area contributed by atoms with E-state index in [0.717, 1.165) is 29.5 Å². The smallest absolute Gasteiger partial charge is 0.243 e. The maximum atomic E-state index is 13.7. The SMILES string of the molecule is CCCCNC(=O)[C@H](Cc1ccccc1)N(Cc1ccc(Cl)cc1Cl)C(=O)CCc1ccccc1Cl. The summed E-state index contributed by atoms with van der Waals surface area (Å²) < 4.78 is 0. The number of hydrogen-bond donors (Lipinski definition) is 1. The molecule has 0 spiro atoms. The maximum absolute atomic E-state index is 13.7. The van der Waals surface area contributed by atoms with Gasteiger partial charge in [0.25, 0.3) is 0 Å². The first-order chi connectivity index (χ1) is 17.4. The molecule has 0 saturated carbocycles. The molecule has 190 valence electrons. The Balaban J connectivity index is 1.92. The summed E-state index contributed by atoms with van der Waals surface area (Å²) >= 11 is 18.9. The molecule has 0 unspecified atom stereocenters. The van der Waals surface area contributed by atoms with E-state index in [-0.39, 0.29) is 24.8 Å². The van der Waals surface area contributed by atoms with Gasteiger partial charge in [-0.15, -0.1) is 0 Å². The van der Waals surface area contributed by atoms with Gasteiger partial charge in [0.1, 0.15) is 6.04 Å². The molecule has 0 radical (unpaired) electrons. The van der Waals surface area contributed by atoms with Crippen LogP contribution in [0.1, 0.15) is 42.9 Å². The van der Waals surface area contributed by atoms with E-state index in [1.807, 2.05) is 54.6 Å². The van der Waals surface area contributed by atoms with Crippen molar-refractivity contribution in [1.82, 2.24) is 10.2 Å². The van der Waals surface area contributed by atoms with Crippen molar-refractivity contribution < 1.29 is 9.59 Å². The predicted molar refractivity (Wildman–Crippen MR) is 149 cm³/mol. The molecule has 3 rings (SSSR count). The van der Waals surface area contributed by atoms with Crippen molar-refractivity contribution in [2.24, 2.45) is 0 Å². The number of nitrogens with one attached hydrogen (secondary N) is 1. The van der Waals surface area contributed by atoms with Gasteiger partial charge in [-0.3, -0.25) is 9.59 Å². The summed E-state index contributed by atoms with van der Waals surface area (Å²) in [6.07, 6.45) is 2.90. The van der Waals surface area contributed by atoms with E-state index < -0.39 is 6.04 Å². The van der Waals surface area contributed by atoms with Crippen molar-refractivity contribution in [1.29, 1.82) is 0 Å². The van der Waals surface area contributed by atoms with Gasteiger partial charge >= 0.3 is 0 Å². The van der Waals surface area contributed by atoms with E-state index in [9.17, 15) is 9.59 Å². The lowest BCUT2D eigenvalue weighted by atomic mass is 10.0. The minimum Gasteiger partial charge on any atom is -0.354 e. The molecule has 0 aliphatic heterocycles. The highest BCUT2D eigenvalue weighted by Gasteiger charge is 2.30. The van der Waals surface area contributed by atoms with Crippen molar-refractivity contribution in [2.75, 3.05) is 6.54 Å². The second-order valence-corrected chi connectivity index (χ2v) is 9.95. The van der Waals surface area contributed by atoms with Crippen LogP contribution in [0.3, 0.4) is 0 Å². The molecular formula is C29H31Cl3N2O2. The predicted octanol–water partition coefficient (Wildman–Crippen LogP) is 7.14. The summed E-state index contributed by atoms with van der Waals surface area (Å²) in [7, 11) is 0. The number of amides is 2. The van der Waals surface area contributed by atoms with Gasteiger partial charge in [-0.25, -0.2) is 0 Å². The van der Waals surface area contributed by atoms with Crippen LogP contribution in [0, 0.1) is 0 Å². The standard InChI is InChI=1S/C29H31Cl3N2O2/c1-2-3-17-33-29(36)27(18-21-9-5-4-6-10-21)34(20-23-13-15-24(30)19-26(23)32)28(35)16-14-22-11-7-8-12-25(22)31/h4-13,15,19,27H,2-3,14,16-18,20H2,1H3,(H,33,36)/t27-/m0/s1. The molecule has 2 amide bonds. The maximum Gasteiger partial charge on any atom is 0.243 e. The van der Waals surface area contributed by atoms with Crippen LogP contribution < -0.4 is 5.32 Å². The molecule has 0 saturated heterocycles. The zero-order chi connectivity index (χ0) is 25.9. The molecule has 36 heavy (non-hydrogen) atoms. The Hall–Kier alpha value is -2.53. The first kappa shape index (κ1) is 28.0. The van der Waals surface area contributed by atoms with Gasteiger partial charge in [-0.05, 0) is 47.7 Å². The fraction of sp³-hybridized carbons (Fsp3) is 0.310. The molecule has 4 nitrogen and oxygen atoms in total. The third kappa shape index (κ3) is 8.26. The molecule has 7 heteroatoms. The molecular weight excluding hydrogens is 515 g/mol. The molecule has 0 aromatic heterocycles. The Morgan fingerprint density at radius 2 is 1.61 bits per heavy atom. The van der Waals surface area contributed by atoms with Crippen LogP contribution >= 0.6 is 34.8 Å². The van der Waals surface area contributed by atoms with E-state index in [4.69, 9.17) is 34.8 Å². The van der Waals surface area contributed by atoms with Crippen LogP contribution in [0.15, 0.2) is 72.8 Å². The number of carbonyl (C=O) groups excluding carboxylic acids is 2. The van der Waals surface area contributed by atoms with Crippen molar-refractivity contribution in [3.63, 3.8) is 0 Å². The highest BCUT2D eigenvalue weighted by Crippen LogP contribution is 2.25. The molecule has 0 aliphatic rings. The lowest BCUT2D eigenvalue weighted by Crippen LogP contribution is -2.50. The molecule has 3 aromatic rings. The number of aryl methyl sites for hydroxylation is 1. The number of benzene rings is 3. The van der Waals surface area contributed by atoms with Gasteiger partial charge in [-0.2, -0.15) is 0 Å². The summed E-state index contributed by atoms with van der Waals surface area (Å²) in [6.45, 7) is 2.82. The van der Waals surface area contributed by atoms with Gasteiger partial charge in [-0.1, -0.05) is 103 Å². The molecule has 0 fully saturated rings. The largest absolute Gasteiger partial charge is 0.354 e. The molecule has 0 heterocycles. The number of unbranched alkanes of at least 4 members (excludes halogenated alkanes) is 1. The number of hydrogen-bond acceptors (Lipinski definition) is 2. The van der Waals surface area contributed by atoms with E-state index in [0.29, 0.717) is 34.5 Å². The Morgan fingerprint density at radius 1 is 0.889 bits per heavy atom. The quantitative estimate of drug-likeness (QED) is 0.246. The fourth-order valence-corrected chi connectivity index (χ4v) is 4.68. The molecule has 0 bridgehead atoms. The van der Waals surface area contributed by atoms with Crippen molar-refractivity contribution in [2.45, 2.75) is 51.6 Å². The number of rotatable bonds is 12. The highest BCUT2D eigenvalue weighted by atomic mass is 35.5. The number of nitrogens with zero attached hydrogens (tertiary/aromatic N) is 1. The summed E-state index contributed by atoms with van der Waals surface area (Å²) in [6, 6.07) is 21.7. The lowest BCUT2D eigenvalue weighted by molar-refractivity contribution is -0.141. The monoisotopic (exact) mass is 544 g/mol. The van der Waals surface area contributed by atoms with Crippen LogP contribution in [-0.4, -0.2) is 29.3 Å². The third-order valence-electron chi connectivity index (χ3n) is 6.02. The van der Waals surface area contributed by atoms with E-state index in [1.165, 1.54) is 0 Å². The average Bonchev–Trinajstić information content (AvgIpc) is 2.87. The Labute approximate surface area is 228 Å². The van der Waals surface area contributed by atoms with Gasteiger partial charge in [0.2, 0.25) is 11.8 Å². The van der Waals surface area contributed by atoms with Gasteiger partial charge in [0.05, 0.1) is 0 Å². The summed E-state index contributed by atoms with van der Waals surface area (Å²) in [5.41, 5.74) is 2.59. The summed E-state index contributed by atoms with van der Waals surface area (Å²) in [5.74, 6) is -0.323. The second kappa shape index (κ2) is 14.3. The average molecular weight is 546 g/mol.